The van der Waals surface area contributed by atoms with E-state index in [1.807, 2.05) is 0 Å². The third-order valence-electron chi connectivity index (χ3n) is 3.70. The Bertz CT molecular complexity index is 828. The van der Waals surface area contributed by atoms with Crippen molar-refractivity contribution >= 4 is 47.7 Å². The van der Waals surface area contributed by atoms with Gasteiger partial charge in [0.15, 0.2) is 29.6 Å². The Morgan fingerprint density at radius 1 is 1.52 bits per heavy atom. The lowest BCUT2D eigenvalue weighted by Gasteiger charge is -2.22. The lowest BCUT2D eigenvalue weighted by atomic mass is 10.1. The Balaban J connectivity index is 1.80. The average molecular weight is 377 g/mol. The molecule has 0 aliphatic carbocycles. The van der Waals surface area contributed by atoms with Gasteiger partial charge >= 0.3 is 0 Å². The second-order valence-corrected chi connectivity index (χ2v) is 10.3. The van der Waals surface area contributed by atoms with E-state index in [1.54, 1.807) is 0 Å². The Morgan fingerprint density at radius 3 is 3.00 bits per heavy atom. The summed E-state index contributed by atoms with van der Waals surface area (Å²) in [6.07, 6.45) is -3.78. The predicted molar refractivity (Wildman–Crippen MR) is 86.6 cm³/mol. The molecule has 0 radical (unpaired) electrons. The van der Waals surface area contributed by atoms with Gasteiger partial charge in [-0.1, -0.05) is 0 Å². The van der Waals surface area contributed by atoms with Crippen molar-refractivity contribution < 1.29 is 18.9 Å². The molecule has 0 saturated carbocycles. The van der Waals surface area contributed by atoms with Crippen LogP contribution in [0.15, 0.2) is 11.1 Å². The number of aromatic nitrogens is 4. The van der Waals surface area contributed by atoms with E-state index in [1.165, 1.54) is 10.9 Å². The van der Waals surface area contributed by atoms with Gasteiger partial charge in [0, 0.05) is 12.2 Å². The summed E-state index contributed by atoms with van der Waals surface area (Å²) in [4.78, 5) is 22.4. The van der Waals surface area contributed by atoms with E-state index in [-0.39, 0.29) is 23.7 Å². The standard InChI is InChI=1S/C10H12N5O5PS2/c11-10-13-7-4(8(17)14-10)12-2-15(7)9-6-5(3(1-16)18-9)19-21(22,23)20-6/h2-3,5-6,9,16H,1H2,(H,22,23)(H3,11,13,14,17)/t3-,5-,6-,9-/m1/s1. The minimum atomic E-state index is -2.70. The van der Waals surface area contributed by atoms with Crippen LogP contribution in [0.3, 0.4) is 0 Å². The van der Waals surface area contributed by atoms with Crippen molar-refractivity contribution in [1.82, 2.24) is 19.5 Å². The third kappa shape index (κ3) is 2.45. The summed E-state index contributed by atoms with van der Waals surface area (Å²) in [5.74, 6) is -0.0413. The number of nitrogen functional groups attached to an aromatic ring is 1. The molecule has 4 heterocycles. The molecule has 0 aromatic carbocycles. The molecular formula is C10H12N5O5PS2. The average Bonchev–Trinajstić information content (AvgIpc) is 3.09. The Kier molecular flexibility index (Phi) is 3.61. The quantitative estimate of drug-likeness (QED) is 0.311. The summed E-state index contributed by atoms with van der Waals surface area (Å²) in [5, 5.41) is 9.48. The van der Waals surface area contributed by atoms with Gasteiger partial charge in [-0.3, -0.25) is 14.3 Å². The molecule has 13 heteroatoms. The lowest BCUT2D eigenvalue weighted by Crippen LogP contribution is -2.30. The molecular weight excluding hydrogens is 365 g/mol. The normalized spacial score (nSPS) is 36.7. The zero-order chi connectivity index (χ0) is 16.4. The highest BCUT2D eigenvalue weighted by atomic mass is 33.1. The van der Waals surface area contributed by atoms with E-state index in [0.29, 0.717) is 0 Å². The van der Waals surface area contributed by atoms with E-state index in [2.05, 4.69) is 27.2 Å². The van der Waals surface area contributed by atoms with Crippen molar-refractivity contribution in [3.63, 3.8) is 0 Å². The van der Waals surface area contributed by atoms with Crippen molar-refractivity contribution in [2.75, 3.05) is 12.3 Å². The van der Waals surface area contributed by atoms with E-state index < -0.39 is 36.2 Å². The van der Waals surface area contributed by atoms with Crippen LogP contribution in [0.1, 0.15) is 6.23 Å². The maximum absolute atomic E-state index is 11.9. The van der Waals surface area contributed by atoms with Crippen LogP contribution in [-0.4, -0.2) is 49.5 Å². The smallest absolute Gasteiger partial charge is 0.280 e. The highest BCUT2D eigenvalue weighted by molar-refractivity contribution is 8.76. The summed E-state index contributed by atoms with van der Waals surface area (Å²) in [7, 11) is 0. The molecule has 2 aromatic rings. The topological polar surface area (TPSA) is 138 Å². The molecule has 1 unspecified atom stereocenters. The summed E-state index contributed by atoms with van der Waals surface area (Å²) >= 11 is 9.37. The summed E-state index contributed by atoms with van der Waals surface area (Å²) < 4.78 is 18.6. The molecule has 2 aliphatic rings. The first-order chi connectivity index (χ1) is 10.9. The largest absolute Gasteiger partial charge is 0.480 e. The van der Waals surface area contributed by atoms with Gasteiger partial charge in [0.1, 0.15) is 6.10 Å². The zero-order valence-electron chi connectivity index (χ0n) is 11.4. The second kappa shape index (κ2) is 5.31. The van der Waals surface area contributed by atoms with Crippen LogP contribution in [0.25, 0.3) is 11.2 Å². The maximum atomic E-state index is 11.9. The number of hydrogen-bond acceptors (Lipinski definition) is 10. The van der Waals surface area contributed by atoms with E-state index in [4.69, 9.17) is 31.8 Å². The fraction of sp³-hybridized carbons (Fsp3) is 0.500. The lowest BCUT2D eigenvalue weighted by molar-refractivity contribution is -0.0528. The summed E-state index contributed by atoms with van der Waals surface area (Å²) in [6, 6.07) is 0. The zero-order valence-corrected chi connectivity index (χ0v) is 14.0. The number of nitrogens with zero attached hydrogens (tertiary/aromatic N) is 3. The maximum Gasteiger partial charge on any atom is 0.280 e. The van der Waals surface area contributed by atoms with Gasteiger partial charge in [-0.2, -0.15) is 4.98 Å². The Morgan fingerprint density at radius 2 is 2.26 bits per heavy atom. The molecule has 0 amide bonds. The van der Waals surface area contributed by atoms with Crippen molar-refractivity contribution in [1.29, 1.82) is 0 Å². The molecule has 0 bridgehead atoms. The van der Waals surface area contributed by atoms with Crippen molar-refractivity contribution in [2.45, 2.75) is 24.5 Å². The molecule has 0 spiro atoms. The third-order valence-corrected chi connectivity index (χ3v) is 5.80. The molecule has 2 fully saturated rings. The number of nitrogens with two attached hydrogens (primary N) is 1. The summed E-state index contributed by atoms with van der Waals surface area (Å²) in [6.45, 7) is -0.271. The molecule has 2 aromatic heterocycles. The van der Waals surface area contributed by atoms with Gasteiger partial charge in [-0.25, -0.2) is 14.0 Å². The molecule has 2 aliphatic heterocycles. The number of hydrogen-bond donors (Lipinski definition) is 4. The molecule has 5 atom stereocenters. The molecule has 2 saturated heterocycles. The van der Waals surface area contributed by atoms with Gasteiger partial charge in [0.25, 0.3) is 5.56 Å². The van der Waals surface area contributed by atoms with Gasteiger partial charge < -0.3 is 27.8 Å². The number of aliphatic hydroxyl groups excluding tert-OH is 1. The van der Waals surface area contributed by atoms with Gasteiger partial charge in [0.2, 0.25) is 12.1 Å². The highest BCUT2D eigenvalue weighted by Crippen LogP contribution is 2.72. The van der Waals surface area contributed by atoms with Crippen LogP contribution >= 0.6 is 18.4 Å². The molecule has 124 valence electrons. The number of anilines is 1. The van der Waals surface area contributed by atoms with Crippen molar-refractivity contribution in [3.8, 4) is 0 Å². The molecule has 4 rings (SSSR count). The minimum absolute atomic E-state index is 0.0413. The van der Waals surface area contributed by atoms with Crippen LogP contribution in [0.2, 0.25) is 0 Å². The van der Waals surface area contributed by atoms with E-state index in [0.717, 1.165) is 0 Å². The first kappa shape index (κ1) is 15.6. The van der Waals surface area contributed by atoms with Crippen molar-refractivity contribution in [2.24, 2.45) is 0 Å². The number of aromatic amines is 1. The van der Waals surface area contributed by atoms with Gasteiger partial charge in [0.05, 0.1) is 12.9 Å². The number of rotatable bonds is 2. The number of H-pyrrole nitrogens is 1. The Labute approximate surface area is 140 Å². The van der Waals surface area contributed by atoms with Crippen LogP contribution in [0.4, 0.5) is 5.95 Å². The van der Waals surface area contributed by atoms with E-state index >= 15 is 0 Å². The van der Waals surface area contributed by atoms with Crippen LogP contribution in [-0.2, 0) is 26.0 Å². The number of imidazole rings is 1. The van der Waals surface area contributed by atoms with Crippen molar-refractivity contribution in [3.05, 3.63) is 16.7 Å². The van der Waals surface area contributed by atoms with Gasteiger partial charge in [-0.15, -0.1) is 0 Å². The number of ether oxygens (including phenoxy) is 1. The van der Waals surface area contributed by atoms with E-state index in [9.17, 15) is 9.90 Å². The number of fused-ring (bicyclic) bond motifs is 2. The minimum Gasteiger partial charge on any atom is -0.480 e. The van der Waals surface area contributed by atoms with Crippen LogP contribution in [0, 0.1) is 0 Å². The van der Waals surface area contributed by atoms with Crippen LogP contribution < -0.4 is 11.3 Å². The molecule has 4 N–H and O–H groups in total. The first-order valence-corrected chi connectivity index (χ1v) is 10.4. The number of aliphatic hydroxyl groups is 1. The monoisotopic (exact) mass is 377 g/mol. The SMILES string of the molecule is Nc1nc2c(ncn2[C@@H]2O[C@H](CO)[C@H]3O[P+]([S-])(S)O[C@H]32)c(=O)[nH]1. The second-order valence-electron chi connectivity index (χ2n) is 5.13. The number of nitrogens with one attached hydrogen (secondary N) is 1. The summed E-state index contributed by atoms with van der Waals surface area (Å²) in [5.41, 5.74) is 5.50. The first-order valence-electron chi connectivity index (χ1n) is 6.58. The molecule has 23 heavy (non-hydrogen) atoms. The fourth-order valence-electron chi connectivity index (χ4n) is 2.78. The predicted octanol–water partition coefficient (Wildman–Crippen LogP) is -0.470. The van der Waals surface area contributed by atoms with Gasteiger partial charge in [-0.05, 0) is 0 Å². The highest BCUT2D eigenvalue weighted by Gasteiger charge is 2.59. The fourth-order valence-corrected chi connectivity index (χ4v) is 5.17. The Hall–Kier alpha value is -0.880. The van der Waals surface area contributed by atoms with Crippen LogP contribution in [0.5, 0.6) is 0 Å². The number of thiol groups is 1. The molecule has 10 nitrogen and oxygen atoms in total.